The average Bonchev–Trinajstić information content (AvgIpc) is 2.19. The summed E-state index contributed by atoms with van der Waals surface area (Å²) in [6, 6.07) is 0.353. The van der Waals surface area contributed by atoms with Gasteiger partial charge < -0.3 is 15.8 Å². The largest absolute Gasteiger partial charge is 0.376 e. The minimum absolute atomic E-state index is 0.0550. The Bertz CT molecular complexity index is 219. The zero-order valence-corrected chi connectivity index (χ0v) is 10.4. The number of amides is 1. The molecular formula is C12H24N2O2. The smallest absolute Gasteiger partial charge is 0.222 e. The first kappa shape index (κ1) is 13.5. The lowest BCUT2D eigenvalue weighted by Crippen LogP contribution is -2.40. The van der Waals surface area contributed by atoms with E-state index in [0.29, 0.717) is 13.0 Å². The van der Waals surface area contributed by atoms with E-state index in [1.165, 1.54) is 12.8 Å². The highest BCUT2D eigenvalue weighted by atomic mass is 16.5. The molecule has 1 aliphatic rings. The van der Waals surface area contributed by atoms with Gasteiger partial charge in [0.1, 0.15) is 0 Å². The van der Waals surface area contributed by atoms with E-state index in [0.717, 1.165) is 12.8 Å². The van der Waals surface area contributed by atoms with Crippen LogP contribution in [0.1, 0.15) is 46.0 Å². The summed E-state index contributed by atoms with van der Waals surface area (Å²) < 4.78 is 5.66. The molecule has 0 aromatic carbocycles. The quantitative estimate of drug-likeness (QED) is 0.743. The molecule has 1 amide bonds. The van der Waals surface area contributed by atoms with Crippen LogP contribution in [0.15, 0.2) is 0 Å². The van der Waals surface area contributed by atoms with E-state index in [-0.39, 0.29) is 24.1 Å². The van der Waals surface area contributed by atoms with Gasteiger partial charge in [-0.15, -0.1) is 0 Å². The number of rotatable bonds is 5. The first-order valence-corrected chi connectivity index (χ1v) is 6.26. The average molecular weight is 228 g/mol. The van der Waals surface area contributed by atoms with Crippen LogP contribution in [0.5, 0.6) is 0 Å². The third-order valence-corrected chi connectivity index (χ3v) is 2.86. The molecule has 94 valence electrons. The van der Waals surface area contributed by atoms with Crippen molar-refractivity contribution in [3.8, 4) is 0 Å². The third kappa shape index (κ3) is 4.94. The van der Waals surface area contributed by atoms with Crippen molar-refractivity contribution in [3.05, 3.63) is 0 Å². The van der Waals surface area contributed by atoms with Crippen LogP contribution in [-0.4, -0.2) is 30.7 Å². The second-order valence-electron chi connectivity index (χ2n) is 4.83. The monoisotopic (exact) mass is 228 g/mol. The van der Waals surface area contributed by atoms with Crippen molar-refractivity contribution in [1.29, 1.82) is 0 Å². The zero-order valence-electron chi connectivity index (χ0n) is 10.4. The summed E-state index contributed by atoms with van der Waals surface area (Å²) in [5.74, 6) is 0.0550. The maximum absolute atomic E-state index is 11.4. The standard InChI is InChI=1S/C12H24N2O2/c1-9(2)14-12(15)7-8-16-11-6-4-3-5-10(11)13/h9-11H,3-8,13H2,1-2H3,(H,14,15). The molecule has 0 radical (unpaired) electrons. The number of ether oxygens (including phenoxy) is 1. The van der Waals surface area contributed by atoms with Crippen LogP contribution in [0.4, 0.5) is 0 Å². The molecule has 0 saturated heterocycles. The summed E-state index contributed by atoms with van der Waals surface area (Å²) in [6.45, 7) is 4.39. The van der Waals surface area contributed by atoms with Gasteiger partial charge in [-0.25, -0.2) is 0 Å². The fourth-order valence-electron chi connectivity index (χ4n) is 2.03. The summed E-state index contributed by atoms with van der Waals surface area (Å²) in [5, 5.41) is 2.84. The molecule has 1 aliphatic carbocycles. The van der Waals surface area contributed by atoms with Crippen molar-refractivity contribution in [2.45, 2.75) is 64.1 Å². The van der Waals surface area contributed by atoms with Gasteiger partial charge in [-0.2, -0.15) is 0 Å². The molecule has 4 heteroatoms. The summed E-state index contributed by atoms with van der Waals surface area (Å²) in [6.07, 6.45) is 5.06. The van der Waals surface area contributed by atoms with Crippen molar-refractivity contribution in [1.82, 2.24) is 5.32 Å². The van der Waals surface area contributed by atoms with Crippen LogP contribution in [0.2, 0.25) is 0 Å². The Morgan fingerprint density at radius 2 is 2.12 bits per heavy atom. The van der Waals surface area contributed by atoms with E-state index in [9.17, 15) is 4.79 Å². The van der Waals surface area contributed by atoms with Gasteiger partial charge in [-0.3, -0.25) is 4.79 Å². The molecule has 1 saturated carbocycles. The van der Waals surface area contributed by atoms with Crippen LogP contribution >= 0.6 is 0 Å². The Balaban J connectivity index is 2.12. The van der Waals surface area contributed by atoms with Crippen molar-refractivity contribution >= 4 is 5.91 Å². The summed E-state index contributed by atoms with van der Waals surface area (Å²) in [7, 11) is 0. The highest BCUT2D eigenvalue weighted by molar-refractivity contribution is 5.76. The number of nitrogens with one attached hydrogen (secondary N) is 1. The molecule has 16 heavy (non-hydrogen) atoms. The fraction of sp³-hybridized carbons (Fsp3) is 0.917. The molecule has 0 bridgehead atoms. The molecule has 2 unspecified atom stereocenters. The number of nitrogens with two attached hydrogens (primary N) is 1. The van der Waals surface area contributed by atoms with Crippen LogP contribution in [0, 0.1) is 0 Å². The summed E-state index contributed by atoms with van der Waals surface area (Å²) in [4.78, 5) is 11.4. The highest BCUT2D eigenvalue weighted by Crippen LogP contribution is 2.19. The maximum Gasteiger partial charge on any atom is 0.222 e. The van der Waals surface area contributed by atoms with E-state index in [1.54, 1.807) is 0 Å². The normalized spacial score (nSPS) is 25.8. The summed E-state index contributed by atoms with van der Waals surface area (Å²) in [5.41, 5.74) is 5.95. The lowest BCUT2D eigenvalue weighted by Gasteiger charge is -2.28. The molecule has 4 nitrogen and oxygen atoms in total. The Labute approximate surface area is 97.9 Å². The Morgan fingerprint density at radius 1 is 1.44 bits per heavy atom. The molecule has 0 aliphatic heterocycles. The third-order valence-electron chi connectivity index (χ3n) is 2.86. The molecule has 0 heterocycles. The summed E-state index contributed by atoms with van der Waals surface area (Å²) >= 11 is 0. The van der Waals surface area contributed by atoms with Crippen LogP contribution in [0.3, 0.4) is 0 Å². The van der Waals surface area contributed by atoms with E-state index in [4.69, 9.17) is 10.5 Å². The Hall–Kier alpha value is -0.610. The van der Waals surface area contributed by atoms with Crippen LogP contribution in [0.25, 0.3) is 0 Å². The Kier molecular flexibility index (Phi) is 5.77. The van der Waals surface area contributed by atoms with Crippen LogP contribution in [-0.2, 0) is 9.53 Å². The number of hydrogen-bond donors (Lipinski definition) is 2. The Morgan fingerprint density at radius 3 is 2.75 bits per heavy atom. The molecule has 0 aromatic rings. The maximum atomic E-state index is 11.4. The van der Waals surface area contributed by atoms with Gasteiger partial charge in [-0.1, -0.05) is 12.8 Å². The minimum atomic E-state index is 0.0550. The van der Waals surface area contributed by atoms with Crippen LogP contribution < -0.4 is 11.1 Å². The second kappa shape index (κ2) is 6.86. The molecule has 0 spiro atoms. The van der Waals surface area contributed by atoms with E-state index in [1.807, 2.05) is 13.8 Å². The first-order valence-electron chi connectivity index (χ1n) is 6.26. The van der Waals surface area contributed by atoms with Gasteiger partial charge >= 0.3 is 0 Å². The van der Waals surface area contributed by atoms with Gasteiger partial charge in [0.05, 0.1) is 12.7 Å². The predicted molar refractivity (Wildman–Crippen MR) is 64.1 cm³/mol. The van der Waals surface area contributed by atoms with Gasteiger partial charge in [0.25, 0.3) is 0 Å². The molecule has 3 N–H and O–H groups in total. The minimum Gasteiger partial charge on any atom is -0.376 e. The highest BCUT2D eigenvalue weighted by Gasteiger charge is 2.22. The topological polar surface area (TPSA) is 64.3 Å². The SMILES string of the molecule is CC(C)NC(=O)CCOC1CCCCC1N. The van der Waals surface area contributed by atoms with Crippen molar-refractivity contribution in [2.75, 3.05) is 6.61 Å². The lowest BCUT2D eigenvalue weighted by molar-refractivity contribution is -0.123. The first-order chi connectivity index (χ1) is 7.59. The van der Waals surface area contributed by atoms with Gasteiger partial charge in [0, 0.05) is 18.5 Å². The van der Waals surface area contributed by atoms with Gasteiger partial charge in [-0.05, 0) is 26.7 Å². The van der Waals surface area contributed by atoms with Crippen molar-refractivity contribution < 1.29 is 9.53 Å². The van der Waals surface area contributed by atoms with E-state index < -0.39 is 0 Å². The molecule has 1 fully saturated rings. The van der Waals surface area contributed by atoms with Gasteiger partial charge in [0.2, 0.25) is 5.91 Å². The molecular weight excluding hydrogens is 204 g/mol. The zero-order chi connectivity index (χ0) is 12.0. The van der Waals surface area contributed by atoms with Crippen molar-refractivity contribution in [2.24, 2.45) is 5.73 Å². The lowest BCUT2D eigenvalue weighted by atomic mass is 9.93. The second-order valence-corrected chi connectivity index (χ2v) is 4.83. The molecule has 2 atom stereocenters. The molecule has 1 rings (SSSR count). The number of carbonyl (C=O) groups is 1. The molecule has 0 aromatic heterocycles. The van der Waals surface area contributed by atoms with Crippen molar-refractivity contribution in [3.63, 3.8) is 0 Å². The van der Waals surface area contributed by atoms with E-state index >= 15 is 0 Å². The number of carbonyl (C=O) groups excluding carboxylic acids is 1. The van der Waals surface area contributed by atoms with E-state index in [2.05, 4.69) is 5.32 Å². The van der Waals surface area contributed by atoms with Gasteiger partial charge in [0.15, 0.2) is 0 Å². The predicted octanol–water partition coefficient (Wildman–Crippen LogP) is 1.19. The number of hydrogen-bond acceptors (Lipinski definition) is 3. The fourth-order valence-corrected chi connectivity index (χ4v) is 2.03.